The molecule has 0 atom stereocenters. The average molecular weight is 302 g/mol. The van der Waals surface area contributed by atoms with Gasteiger partial charge in [-0.2, -0.15) is 5.10 Å². The molecule has 1 heterocycles. The summed E-state index contributed by atoms with van der Waals surface area (Å²) in [6.07, 6.45) is 0. The van der Waals surface area contributed by atoms with Gasteiger partial charge in [0.05, 0.1) is 18.9 Å². The molecule has 0 spiro atoms. The van der Waals surface area contributed by atoms with Crippen LogP contribution in [0.25, 0.3) is 11.3 Å². The lowest BCUT2D eigenvalue weighted by atomic mass is 10.1. The smallest absolute Gasteiger partial charge is 0.272 e. The Labute approximate surface area is 130 Å². The summed E-state index contributed by atoms with van der Waals surface area (Å²) in [6, 6.07) is 9.19. The Balaban J connectivity index is 2.43. The van der Waals surface area contributed by atoms with Crippen molar-refractivity contribution in [2.24, 2.45) is 5.92 Å². The highest BCUT2D eigenvalue weighted by molar-refractivity contribution is 5.60. The Kier molecular flexibility index (Phi) is 5.33. The average Bonchev–Trinajstić information content (AvgIpc) is 2.50. The van der Waals surface area contributed by atoms with Crippen LogP contribution in [-0.4, -0.2) is 21.5 Å². The third kappa shape index (κ3) is 3.74. The molecule has 0 aliphatic heterocycles. The summed E-state index contributed by atoms with van der Waals surface area (Å²) in [5, 5.41) is 13.8. The lowest BCUT2D eigenvalue weighted by Gasteiger charge is -2.12. The Bertz CT molecular complexity index is 675. The van der Waals surface area contributed by atoms with E-state index in [1.807, 2.05) is 45.0 Å². The molecule has 22 heavy (non-hydrogen) atoms. The maximum atomic E-state index is 12.2. The molecule has 0 saturated heterocycles. The zero-order chi connectivity index (χ0) is 16.1. The molecule has 2 aromatic rings. The van der Waals surface area contributed by atoms with E-state index in [4.69, 9.17) is 4.74 Å². The van der Waals surface area contributed by atoms with Crippen LogP contribution in [0.4, 0.5) is 0 Å². The number of nitrogens with zero attached hydrogens (tertiary/aromatic N) is 2. The predicted molar refractivity (Wildman–Crippen MR) is 85.9 cm³/mol. The quantitative estimate of drug-likeness (QED) is 0.890. The minimum atomic E-state index is -0.288. The van der Waals surface area contributed by atoms with Gasteiger partial charge in [-0.1, -0.05) is 13.8 Å². The molecule has 1 N–H and O–H groups in total. The molecular weight excluding hydrogens is 280 g/mol. The molecule has 0 saturated carbocycles. The van der Waals surface area contributed by atoms with Crippen molar-refractivity contribution >= 4 is 0 Å². The Morgan fingerprint density at radius 1 is 1.27 bits per heavy atom. The van der Waals surface area contributed by atoms with Gasteiger partial charge >= 0.3 is 0 Å². The largest absolute Gasteiger partial charge is 0.494 e. The molecule has 0 fully saturated rings. The number of aromatic nitrogens is 2. The normalized spacial score (nSPS) is 11.0. The number of benzene rings is 1. The Morgan fingerprint density at radius 2 is 1.95 bits per heavy atom. The van der Waals surface area contributed by atoms with Crippen molar-refractivity contribution in [1.29, 1.82) is 0 Å². The van der Waals surface area contributed by atoms with E-state index in [9.17, 15) is 9.90 Å². The van der Waals surface area contributed by atoms with Gasteiger partial charge in [-0.15, -0.1) is 0 Å². The molecule has 0 aliphatic carbocycles. The highest BCUT2D eigenvalue weighted by atomic mass is 16.5. The summed E-state index contributed by atoms with van der Waals surface area (Å²) in [4.78, 5) is 12.2. The van der Waals surface area contributed by atoms with Crippen LogP contribution in [0.15, 0.2) is 35.1 Å². The van der Waals surface area contributed by atoms with Crippen molar-refractivity contribution in [2.75, 3.05) is 6.61 Å². The molecule has 0 amide bonds. The van der Waals surface area contributed by atoms with Crippen LogP contribution < -0.4 is 10.3 Å². The molecule has 5 nitrogen and oxygen atoms in total. The number of rotatable bonds is 6. The van der Waals surface area contributed by atoms with E-state index in [-0.39, 0.29) is 12.2 Å². The van der Waals surface area contributed by atoms with Crippen LogP contribution >= 0.6 is 0 Å². The van der Waals surface area contributed by atoms with Gasteiger partial charge in [0.15, 0.2) is 0 Å². The Hall–Kier alpha value is -2.14. The third-order valence-electron chi connectivity index (χ3n) is 3.22. The van der Waals surface area contributed by atoms with Gasteiger partial charge in [-0.3, -0.25) is 4.79 Å². The summed E-state index contributed by atoms with van der Waals surface area (Å²) in [5.74, 6) is 1.09. The van der Waals surface area contributed by atoms with Crippen LogP contribution in [0.2, 0.25) is 0 Å². The van der Waals surface area contributed by atoms with Crippen molar-refractivity contribution in [3.63, 3.8) is 0 Å². The maximum Gasteiger partial charge on any atom is 0.272 e. The Morgan fingerprint density at radius 3 is 2.50 bits per heavy atom. The standard InChI is InChI=1S/C17H22N2O3/c1-4-22-15-7-5-13(6-8-15)16-9-14(11-20)17(21)19(18-16)10-12(2)3/h5-9,12,20H,4,10-11H2,1-3H3. The predicted octanol–water partition coefficient (Wildman–Crippen LogP) is 2.46. The van der Waals surface area contributed by atoms with Crippen LogP contribution in [0.5, 0.6) is 5.75 Å². The van der Waals surface area contributed by atoms with Crippen LogP contribution in [0, 0.1) is 5.92 Å². The van der Waals surface area contributed by atoms with E-state index >= 15 is 0 Å². The summed E-state index contributed by atoms with van der Waals surface area (Å²) >= 11 is 0. The van der Waals surface area contributed by atoms with Crippen molar-refractivity contribution in [3.8, 4) is 17.0 Å². The number of hydrogen-bond donors (Lipinski definition) is 1. The van der Waals surface area contributed by atoms with Crippen molar-refractivity contribution in [2.45, 2.75) is 33.9 Å². The van der Waals surface area contributed by atoms with Gasteiger partial charge in [0.1, 0.15) is 5.75 Å². The lowest BCUT2D eigenvalue weighted by Crippen LogP contribution is -2.28. The van der Waals surface area contributed by atoms with E-state index in [1.165, 1.54) is 4.68 Å². The van der Waals surface area contributed by atoms with E-state index in [1.54, 1.807) is 6.07 Å². The van der Waals surface area contributed by atoms with Crippen molar-refractivity contribution in [1.82, 2.24) is 9.78 Å². The first-order valence-electron chi connectivity index (χ1n) is 7.50. The van der Waals surface area contributed by atoms with E-state index < -0.39 is 0 Å². The first kappa shape index (κ1) is 16.2. The molecule has 0 radical (unpaired) electrons. The first-order valence-corrected chi connectivity index (χ1v) is 7.50. The van der Waals surface area contributed by atoms with Crippen LogP contribution in [-0.2, 0) is 13.2 Å². The van der Waals surface area contributed by atoms with E-state index in [0.717, 1.165) is 11.3 Å². The second kappa shape index (κ2) is 7.22. The van der Waals surface area contributed by atoms with Crippen molar-refractivity contribution in [3.05, 3.63) is 46.2 Å². The van der Waals surface area contributed by atoms with Gasteiger partial charge in [0.25, 0.3) is 5.56 Å². The topological polar surface area (TPSA) is 64.3 Å². The highest BCUT2D eigenvalue weighted by Crippen LogP contribution is 2.21. The first-order chi connectivity index (χ1) is 10.5. The maximum absolute atomic E-state index is 12.2. The molecule has 5 heteroatoms. The molecule has 0 bridgehead atoms. The highest BCUT2D eigenvalue weighted by Gasteiger charge is 2.10. The molecule has 0 unspecified atom stereocenters. The zero-order valence-corrected chi connectivity index (χ0v) is 13.2. The van der Waals surface area contributed by atoms with Gasteiger partial charge in [0, 0.05) is 17.7 Å². The minimum Gasteiger partial charge on any atom is -0.494 e. The summed E-state index contributed by atoms with van der Waals surface area (Å²) in [7, 11) is 0. The summed E-state index contributed by atoms with van der Waals surface area (Å²) < 4.78 is 6.85. The second-order valence-corrected chi connectivity index (χ2v) is 5.55. The SMILES string of the molecule is CCOc1ccc(-c2cc(CO)c(=O)n(CC(C)C)n2)cc1. The van der Waals surface area contributed by atoms with Gasteiger partial charge < -0.3 is 9.84 Å². The molecular formula is C17H22N2O3. The molecule has 2 rings (SSSR count). The number of ether oxygens (including phenoxy) is 1. The molecule has 1 aromatic carbocycles. The van der Waals surface area contributed by atoms with E-state index in [0.29, 0.717) is 30.3 Å². The lowest BCUT2D eigenvalue weighted by molar-refractivity contribution is 0.277. The van der Waals surface area contributed by atoms with Crippen LogP contribution in [0.1, 0.15) is 26.3 Å². The monoisotopic (exact) mass is 302 g/mol. The summed E-state index contributed by atoms with van der Waals surface area (Å²) in [6.45, 7) is 6.84. The fourth-order valence-corrected chi connectivity index (χ4v) is 2.21. The fourth-order valence-electron chi connectivity index (χ4n) is 2.21. The van der Waals surface area contributed by atoms with E-state index in [2.05, 4.69) is 5.10 Å². The van der Waals surface area contributed by atoms with Gasteiger partial charge in [0.2, 0.25) is 0 Å². The second-order valence-electron chi connectivity index (χ2n) is 5.55. The minimum absolute atomic E-state index is 0.231. The van der Waals surface area contributed by atoms with Crippen LogP contribution in [0.3, 0.4) is 0 Å². The van der Waals surface area contributed by atoms with Gasteiger partial charge in [-0.25, -0.2) is 4.68 Å². The third-order valence-corrected chi connectivity index (χ3v) is 3.22. The molecule has 0 aliphatic rings. The number of aliphatic hydroxyl groups excluding tert-OH is 1. The number of hydrogen-bond acceptors (Lipinski definition) is 4. The molecule has 1 aromatic heterocycles. The van der Waals surface area contributed by atoms with Gasteiger partial charge in [-0.05, 0) is 43.2 Å². The number of aliphatic hydroxyl groups is 1. The summed E-state index contributed by atoms with van der Waals surface area (Å²) in [5.41, 5.74) is 1.69. The zero-order valence-electron chi connectivity index (χ0n) is 13.2. The fraction of sp³-hybridized carbons (Fsp3) is 0.412. The van der Waals surface area contributed by atoms with Crippen molar-refractivity contribution < 1.29 is 9.84 Å². The molecule has 118 valence electrons.